The van der Waals surface area contributed by atoms with Crippen molar-refractivity contribution in [2.45, 2.75) is 6.04 Å². The second kappa shape index (κ2) is 7.55. The molecular formula is C19H22FN3O. The molecule has 1 saturated heterocycles. The standard InChI is InChI=1S/C19H22FN3O/c1-22(17-8-3-2-4-9-17)19(24)14-23-11-10-21-13-18(23)15-6-5-7-16(20)12-15/h2-9,12,18,21H,10-11,13-14H2,1H3. The number of anilines is 1. The molecule has 0 aliphatic carbocycles. The number of benzene rings is 2. The number of nitrogens with zero attached hydrogens (tertiary/aromatic N) is 2. The highest BCUT2D eigenvalue weighted by atomic mass is 19.1. The lowest BCUT2D eigenvalue weighted by Gasteiger charge is -2.36. The third kappa shape index (κ3) is 3.80. The van der Waals surface area contributed by atoms with Gasteiger partial charge in [-0.3, -0.25) is 9.69 Å². The Morgan fingerprint density at radius 1 is 1.25 bits per heavy atom. The minimum Gasteiger partial charge on any atom is -0.314 e. The number of amides is 1. The minimum atomic E-state index is -0.245. The summed E-state index contributed by atoms with van der Waals surface area (Å²) < 4.78 is 13.5. The highest BCUT2D eigenvalue weighted by Crippen LogP contribution is 2.23. The van der Waals surface area contributed by atoms with Gasteiger partial charge in [0.1, 0.15) is 5.82 Å². The van der Waals surface area contributed by atoms with E-state index in [1.165, 1.54) is 6.07 Å². The van der Waals surface area contributed by atoms with Crippen molar-refractivity contribution in [3.63, 3.8) is 0 Å². The second-order valence-corrected chi connectivity index (χ2v) is 6.03. The number of halogens is 1. The van der Waals surface area contributed by atoms with E-state index < -0.39 is 0 Å². The summed E-state index contributed by atoms with van der Waals surface area (Å²) in [6, 6.07) is 16.2. The highest BCUT2D eigenvalue weighted by molar-refractivity contribution is 5.94. The lowest BCUT2D eigenvalue weighted by molar-refractivity contribution is -0.120. The molecule has 0 radical (unpaired) electrons. The van der Waals surface area contributed by atoms with Crippen LogP contribution in [0.1, 0.15) is 11.6 Å². The number of carbonyl (C=O) groups excluding carboxylic acids is 1. The summed E-state index contributed by atoms with van der Waals surface area (Å²) in [6.45, 7) is 2.61. The predicted octanol–water partition coefficient (Wildman–Crippen LogP) is 2.44. The Bertz CT molecular complexity index is 692. The smallest absolute Gasteiger partial charge is 0.240 e. The van der Waals surface area contributed by atoms with Crippen LogP contribution in [0.15, 0.2) is 54.6 Å². The number of hydrogen-bond donors (Lipinski definition) is 1. The molecule has 0 aromatic heterocycles. The molecule has 3 rings (SSSR count). The zero-order chi connectivity index (χ0) is 16.9. The molecule has 1 heterocycles. The Morgan fingerprint density at radius 3 is 2.79 bits per heavy atom. The van der Waals surface area contributed by atoms with Crippen LogP contribution in [0.5, 0.6) is 0 Å². The van der Waals surface area contributed by atoms with Crippen LogP contribution in [-0.2, 0) is 4.79 Å². The van der Waals surface area contributed by atoms with E-state index in [1.54, 1.807) is 24.1 Å². The largest absolute Gasteiger partial charge is 0.314 e. The van der Waals surface area contributed by atoms with E-state index in [0.29, 0.717) is 13.1 Å². The van der Waals surface area contributed by atoms with Crippen LogP contribution in [0.25, 0.3) is 0 Å². The number of hydrogen-bond acceptors (Lipinski definition) is 3. The van der Waals surface area contributed by atoms with E-state index in [1.807, 2.05) is 36.4 Å². The average molecular weight is 327 g/mol. The van der Waals surface area contributed by atoms with Gasteiger partial charge in [-0.05, 0) is 29.8 Å². The van der Waals surface area contributed by atoms with Gasteiger partial charge in [-0.1, -0.05) is 30.3 Å². The summed E-state index contributed by atoms with van der Waals surface area (Å²) in [5.74, 6) is -0.213. The summed E-state index contributed by atoms with van der Waals surface area (Å²) in [4.78, 5) is 16.4. The number of rotatable bonds is 4. The Morgan fingerprint density at radius 2 is 2.04 bits per heavy atom. The number of piperazine rings is 1. The van der Waals surface area contributed by atoms with Gasteiger partial charge < -0.3 is 10.2 Å². The summed E-state index contributed by atoms with van der Waals surface area (Å²) in [6.07, 6.45) is 0. The maximum Gasteiger partial charge on any atom is 0.240 e. The highest BCUT2D eigenvalue weighted by Gasteiger charge is 2.27. The molecule has 1 fully saturated rings. The fraction of sp³-hybridized carbons (Fsp3) is 0.316. The molecule has 2 aromatic carbocycles. The fourth-order valence-electron chi connectivity index (χ4n) is 3.05. The Hall–Kier alpha value is -2.24. The zero-order valence-corrected chi connectivity index (χ0v) is 13.8. The molecule has 126 valence electrons. The maximum absolute atomic E-state index is 13.5. The van der Waals surface area contributed by atoms with E-state index in [9.17, 15) is 9.18 Å². The number of likely N-dealkylation sites (N-methyl/N-ethyl adjacent to an activating group) is 1. The van der Waals surface area contributed by atoms with Crippen molar-refractivity contribution in [1.82, 2.24) is 10.2 Å². The molecule has 4 nitrogen and oxygen atoms in total. The molecule has 1 aliphatic rings. The molecule has 1 unspecified atom stereocenters. The van der Waals surface area contributed by atoms with E-state index in [4.69, 9.17) is 0 Å². The molecular weight excluding hydrogens is 305 g/mol. The van der Waals surface area contributed by atoms with Crippen molar-refractivity contribution in [3.05, 3.63) is 66.0 Å². The molecule has 1 N–H and O–H groups in total. The van der Waals surface area contributed by atoms with Crippen molar-refractivity contribution < 1.29 is 9.18 Å². The third-order valence-corrected chi connectivity index (χ3v) is 4.44. The Kier molecular flexibility index (Phi) is 5.23. The first kappa shape index (κ1) is 16.6. The van der Waals surface area contributed by atoms with Crippen LogP contribution in [0.4, 0.5) is 10.1 Å². The van der Waals surface area contributed by atoms with E-state index in [0.717, 1.165) is 24.3 Å². The first-order valence-electron chi connectivity index (χ1n) is 8.17. The quantitative estimate of drug-likeness (QED) is 0.937. The predicted molar refractivity (Wildman–Crippen MR) is 93.4 cm³/mol. The van der Waals surface area contributed by atoms with Crippen molar-refractivity contribution in [2.24, 2.45) is 0 Å². The van der Waals surface area contributed by atoms with Gasteiger partial charge in [0.2, 0.25) is 5.91 Å². The molecule has 0 spiro atoms. The molecule has 1 atom stereocenters. The first-order chi connectivity index (χ1) is 11.6. The molecule has 0 saturated carbocycles. The number of carbonyl (C=O) groups is 1. The molecule has 1 aliphatic heterocycles. The molecule has 0 bridgehead atoms. The van der Waals surface area contributed by atoms with E-state index in [2.05, 4.69) is 10.2 Å². The lowest BCUT2D eigenvalue weighted by atomic mass is 10.0. The van der Waals surface area contributed by atoms with Crippen molar-refractivity contribution in [3.8, 4) is 0 Å². The zero-order valence-electron chi connectivity index (χ0n) is 13.8. The Balaban J connectivity index is 1.73. The van der Waals surface area contributed by atoms with Crippen molar-refractivity contribution in [1.29, 1.82) is 0 Å². The van der Waals surface area contributed by atoms with Crippen LogP contribution < -0.4 is 10.2 Å². The van der Waals surface area contributed by atoms with Gasteiger partial charge in [0.15, 0.2) is 0 Å². The fourth-order valence-corrected chi connectivity index (χ4v) is 3.05. The third-order valence-electron chi connectivity index (χ3n) is 4.44. The first-order valence-corrected chi connectivity index (χ1v) is 8.17. The van der Waals surface area contributed by atoms with E-state index in [-0.39, 0.29) is 17.8 Å². The lowest BCUT2D eigenvalue weighted by Crippen LogP contribution is -2.49. The molecule has 24 heavy (non-hydrogen) atoms. The van der Waals surface area contributed by atoms with Crippen LogP contribution >= 0.6 is 0 Å². The molecule has 1 amide bonds. The van der Waals surface area contributed by atoms with Gasteiger partial charge in [-0.25, -0.2) is 4.39 Å². The van der Waals surface area contributed by atoms with Crippen LogP contribution in [-0.4, -0.2) is 44.0 Å². The summed E-state index contributed by atoms with van der Waals surface area (Å²) in [7, 11) is 1.79. The normalized spacial score (nSPS) is 18.3. The summed E-state index contributed by atoms with van der Waals surface area (Å²) in [5, 5.41) is 3.33. The Labute approximate surface area is 141 Å². The van der Waals surface area contributed by atoms with Crippen molar-refractivity contribution >= 4 is 11.6 Å². The monoisotopic (exact) mass is 327 g/mol. The van der Waals surface area contributed by atoms with Crippen LogP contribution in [0, 0.1) is 5.82 Å². The van der Waals surface area contributed by atoms with Crippen LogP contribution in [0.2, 0.25) is 0 Å². The maximum atomic E-state index is 13.5. The van der Waals surface area contributed by atoms with E-state index >= 15 is 0 Å². The SMILES string of the molecule is CN(C(=O)CN1CCNCC1c1cccc(F)c1)c1ccccc1. The van der Waals surface area contributed by atoms with Gasteiger partial charge in [0, 0.05) is 38.4 Å². The van der Waals surface area contributed by atoms with Gasteiger partial charge in [-0.2, -0.15) is 0 Å². The second-order valence-electron chi connectivity index (χ2n) is 6.03. The number of para-hydroxylation sites is 1. The van der Waals surface area contributed by atoms with Gasteiger partial charge in [0.05, 0.1) is 6.54 Å². The average Bonchev–Trinajstić information content (AvgIpc) is 2.62. The molecule has 2 aromatic rings. The van der Waals surface area contributed by atoms with Gasteiger partial charge in [0.25, 0.3) is 0 Å². The minimum absolute atomic E-state index is 0.00238. The van der Waals surface area contributed by atoms with Crippen LogP contribution in [0.3, 0.4) is 0 Å². The van der Waals surface area contributed by atoms with Crippen molar-refractivity contribution in [2.75, 3.05) is 38.1 Å². The molecule has 5 heteroatoms. The topological polar surface area (TPSA) is 35.6 Å². The number of nitrogens with one attached hydrogen (secondary N) is 1. The van der Waals surface area contributed by atoms with Gasteiger partial charge in [-0.15, -0.1) is 0 Å². The summed E-state index contributed by atoms with van der Waals surface area (Å²) in [5.41, 5.74) is 1.78. The van der Waals surface area contributed by atoms with Gasteiger partial charge >= 0.3 is 0 Å². The summed E-state index contributed by atoms with van der Waals surface area (Å²) >= 11 is 0.